The maximum Gasteiger partial charge on any atom is 0.407 e. The Morgan fingerprint density at radius 2 is 1.71 bits per heavy atom. The lowest BCUT2D eigenvalue weighted by Gasteiger charge is -2.14. The minimum absolute atomic E-state index is 0.0291. The molecule has 4 rings (SSSR count). The molecule has 0 bridgehead atoms. The van der Waals surface area contributed by atoms with Gasteiger partial charge in [0.25, 0.3) is 5.91 Å². The minimum atomic E-state index is -0.934. The maximum absolute atomic E-state index is 12.4. The van der Waals surface area contributed by atoms with E-state index in [1.54, 1.807) is 6.92 Å². The molecule has 1 aromatic heterocycles. The van der Waals surface area contributed by atoms with Crippen LogP contribution in [0.3, 0.4) is 0 Å². The molecule has 1 unspecified atom stereocenters. The number of carboxylic acids is 1. The zero-order chi connectivity index (χ0) is 24.1. The molecule has 1 aliphatic carbocycles. The van der Waals surface area contributed by atoms with Crippen LogP contribution in [0.1, 0.15) is 46.6 Å². The summed E-state index contributed by atoms with van der Waals surface area (Å²) in [6.07, 6.45) is 0.416. The van der Waals surface area contributed by atoms with Crippen LogP contribution in [0, 0.1) is 5.92 Å². The number of hydrogen-bond acceptors (Lipinski definition) is 6. The molecule has 0 aliphatic heterocycles. The second kappa shape index (κ2) is 10.2. The maximum atomic E-state index is 12.4. The van der Waals surface area contributed by atoms with E-state index < -0.39 is 18.0 Å². The van der Waals surface area contributed by atoms with Crippen LogP contribution in [-0.4, -0.2) is 41.2 Å². The smallest absolute Gasteiger partial charge is 0.407 e. The highest BCUT2D eigenvalue weighted by Crippen LogP contribution is 2.44. The van der Waals surface area contributed by atoms with Gasteiger partial charge in [0.1, 0.15) is 6.61 Å². The van der Waals surface area contributed by atoms with Crippen LogP contribution in [0.5, 0.6) is 0 Å². The standard InChI is InChI=1S/C25H25N3O6/c1-15(10-22(29)30)11-26-24(31)23-21(34-14-28-23)12-27-25(32)33-13-20-18-8-4-2-6-16(18)17-7-3-5-9-19(17)20/h2-9,14-15,20H,10-13H2,1H3,(H,26,31)(H,27,32)(H,29,30). The molecule has 9 heteroatoms. The van der Waals surface area contributed by atoms with Gasteiger partial charge in [-0.1, -0.05) is 55.5 Å². The molecule has 0 spiro atoms. The van der Waals surface area contributed by atoms with E-state index in [1.807, 2.05) is 36.4 Å². The van der Waals surface area contributed by atoms with Crippen LogP contribution in [-0.2, 0) is 16.1 Å². The number of nitrogens with zero attached hydrogens (tertiary/aromatic N) is 1. The van der Waals surface area contributed by atoms with Crippen LogP contribution in [0.2, 0.25) is 0 Å². The summed E-state index contributed by atoms with van der Waals surface area (Å²) in [5.41, 5.74) is 4.54. The highest BCUT2D eigenvalue weighted by molar-refractivity contribution is 5.93. The summed E-state index contributed by atoms with van der Waals surface area (Å²) < 4.78 is 10.7. The minimum Gasteiger partial charge on any atom is -0.481 e. The summed E-state index contributed by atoms with van der Waals surface area (Å²) in [6.45, 7) is 1.99. The summed E-state index contributed by atoms with van der Waals surface area (Å²) >= 11 is 0. The first-order chi connectivity index (χ1) is 16.4. The topological polar surface area (TPSA) is 131 Å². The molecule has 9 nitrogen and oxygen atoms in total. The summed E-state index contributed by atoms with van der Waals surface area (Å²) in [4.78, 5) is 39.4. The predicted molar refractivity (Wildman–Crippen MR) is 122 cm³/mol. The second-order valence-corrected chi connectivity index (χ2v) is 8.22. The third-order valence-corrected chi connectivity index (χ3v) is 5.73. The van der Waals surface area contributed by atoms with Crippen molar-refractivity contribution >= 4 is 18.0 Å². The van der Waals surface area contributed by atoms with E-state index in [4.69, 9.17) is 14.3 Å². The number of hydrogen-bond donors (Lipinski definition) is 3. The summed E-state index contributed by atoms with van der Waals surface area (Å²) in [6, 6.07) is 16.1. The van der Waals surface area contributed by atoms with Gasteiger partial charge >= 0.3 is 12.1 Å². The van der Waals surface area contributed by atoms with Crippen molar-refractivity contribution in [1.82, 2.24) is 15.6 Å². The van der Waals surface area contributed by atoms with E-state index in [-0.39, 0.29) is 49.4 Å². The Hall–Kier alpha value is -4.14. The number of aromatic nitrogens is 1. The lowest BCUT2D eigenvalue weighted by Crippen LogP contribution is -2.31. The van der Waals surface area contributed by atoms with Gasteiger partial charge in [0.2, 0.25) is 0 Å². The Morgan fingerprint density at radius 3 is 2.35 bits per heavy atom. The lowest BCUT2D eigenvalue weighted by atomic mass is 9.98. The molecule has 1 atom stereocenters. The predicted octanol–water partition coefficient (Wildman–Crippen LogP) is 3.55. The third kappa shape index (κ3) is 5.09. The first kappa shape index (κ1) is 23.0. The van der Waals surface area contributed by atoms with Gasteiger partial charge in [0.15, 0.2) is 17.8 Å². The number of carboxylic acid groups (broad SMARTS) is 1. The normalized spacial score (nSPS) is 13.0. The number of rotatable bonds is 9. The number of alkyl carbamates (subject to hydrolysis) is 1. The van der Waals surface area contributed by atoms with Crippen LogP contribution < -0.4 is 10.6 Å². The number of oxazole rings is 1. The Morgan fingerprint density at radius 1 is 1.06 bits per heavy atom. The van der Waals surface area contributed by atoms with Crippen molar-refractivity contribution < 1.29 is 28.6 Å². The van der Waals surface area contributed by atoms with Gasteiger partial charge in [-0.2, -0.15) is 0 Å². The van der Waals surface area contributed by atoms with E-state index in [1.165, 1.54) is 0 Å². The second-order valence-electron chi connectivity index (χ2n) is 8.22. The van der Waals surface area contributed by atoms with Gasteiger partial charge < -0.3 is 24.9 Å². The number of carbonyl (C=O) groups is 3. The number of ether oxygens (including phenoxy) is 1. The number of carbonyl (C=O) groups excluding carboxylic acids is 2. The van der Waals surface area contributed by atoms with Gasteiger partial charge in [-0.05, 0) is 28.2 Å². The van der Waals surface area contributed by atoms with E-state index >= 15 is 0 Å². The molecule has 0 radical (unpaired) electrons. The molecule has 1 heterocycles. The highest BCUT2D eigenvalue weighted by Gasteiger charge is 2.29. The molecular formula is C25H25N3O6. The van der Waals surface area contributed by atoms with Gasteiger partial charge in [-0.15, -0.1) is 0 Å². The van der Waals surface area contributed by atoms with Crippen LogP contribution in [0.25, 0.3) is 11.1 Å². The number of benzene rings is 2. The average molecular weight is 463 g/mol. The molecule has 0 fully saturated rings. The molecule has 0 saturated heterocycles. The molecule has 3 aromatic rings. The molecular weight excluding hydrogens is 438 g/mol. The summed E-state index contributed by atoms with van der Waals surface area (Å²) in [7, 11) is 0. The van der Waals surface area contributed by atoms with Crippen molar-refractivity contribution in [2.24, 2.45) is 5.92 Å². The molecule has 176 valence electrons. The Bertz CT molecular complexity index is 1160. The third-order valence-electron chi connectivity index (χ3n) is 5.73. The highest BCUT2D eigenvalue weighted by atomic mass is 16.5. The summed E-state index contributed by atoms with van der Waals surface area (Å²) in [5, 5.41) is 14.0. The van der Waals surface area contributed by atoms with E-state index in [0.717, 1.165) is 28.6 Å². The van der Waals surface area contributed by atoms with Gasteiger partial charge in [-0.25, -0.2) is 9.78 Å². The number of nitrogens with one attached hydrogen (secondary N) is 2. The molecule has 34 heavy (non-hydrogen) atoms. The zero-order valence-electron chi connectivity index (χ0n) is 18.6. The largest absolute Gasteiger partial charge is 0.481 e. The zero-order valence-corrected chi connectivity index (χ0v) is 18.6. The van der Waals surface area contributed by atoms with Crippen molar-refractivity contribution in [1.29, 1.82) is 0 Å². The Kier molecular flexibility index (Phi) is 6.91. The van der Waals surface area contributed by atoms with Gasteiger partial charge in [-0.3, -0.25) is 9.59 Å². The van der Waals surface area contributed by atoms with Crippen LogP contribution in [0.4, 0.5) is 4.79 Å². The van der Waals surface area contributed by atoms with Crippen molar-refractivity contribution in [3.8, 4) is 11.1 Å². The Labute approximate surface area is 196 Å². The molecule has 2 amide bonds. The quantitative estimate of drug-likeness (QED) is 0.442. The van der Waals surface area contributed by atoms with Crippen molar-refractivity contribution in [3.05, 3.63) is 77.5 Å². The first-order valence-corrected chi connectivity index (χ1v) is 10.9. The number of amides is 2. The molecule has 0 saturated carbocycles. The average Bonchev–Trinajstić information content (AvgIpc) is 3.42. The Balaban J connectivity index is 1.31. The lowest BCUT2D eigenvalue weighted by molar-refractivity contribution is -0.137. The molecule has 3 N–H and O–H groups in total. The fraction of sp³-hybridized carbons (Fsp3) is 0.280. The van der Waals surface area contributed by atoms with Crippen LogP contribution >= 0.6 is 0 Å². The molecule has 2 aromatic carbocycles. The van der Waals surface area contributed by atoms with Gasteiger partial charge in [0.05, 0.1) is 6.54 Å². The number of fused-ring (bicyclic) bond motifs is 3. The van der Waals surface area contributed by atoms with E-state index in [2.05, 4.69) is 27.8 Å². The van der Waals surface area contributed by atoms with Crippen LogP contribution in [0.15, 0.2) is 59.3 Å². The SMILES string of the molecule is CC(CNC(=O)c1ncoc1CNC(=O)OCC1c2ccccc2-c2ccccc21)CC(=O)O. The first-order valence-electron chi connectivity index (χ1n) is 10.9. The fourth-order valence-electron chi connectivity index (χ4n) is 4.10. The van der Waals surface area contributed by atoms with E-state index in [0.29, 0.717) is 0 Å². The number of aliphatic carboxylic acids is 1. The van der Waals surface area contributed by atoms with Gasteiger partial charge in [0, 0.05) is 18.9 Å². The van der Waals surface area contributed by atoms with Crippen molar-refractivity contribution in [2.75, 3.05) is 13.2 Å². The van der Waals surface area contributed by atoms with Crippen molar-refractivity contribution in [3.63, 3.8) is 0 Å². The monoisotopic (exact) mass is 463 g/mol. The van der Waals surface area contributed by atoms with E-state index in [9.17, 15) is 14.4 Å². The van der Waals surface area contributed by atoms with Crippen molar-refractivity contribution in [2.45, 2.75) is 25.8 Å². The fourth-order valence-corrected chi connectivity index (χ4v) is 4.10. The summed E-state index contributed by atoms with van der Waals surface area (Å²) in [5.74, 6) is -1.56. The molecule has 1 aliphatic rings.